The molecule has 2 N–H and O–H groups in total. The largest absolute Gasteiger partial charge is 0.327 e. The average molecular weight is 237 g/mol. The normalized spacial score (nSPS) is 26.7. The van der Waals surface area contributed by atoms with E-state index in [9.17, 15) is 0 Å². The maximum absolute atomic E-state index is 6.30. The molecule has 100 valence electrons. The van der Waals surface area contributed by atoms with Crippen LogP contribution in [0, 0.1) is 11.8 Å². The molecule has 1 heteroatoms. The molecule has 1 nitrogen and oxygen atoms in total. The van der Waals surface area contributed by atoms with Crippen LogP contribution >= 0.6 is 0 Å². The van der Waals surface area contributed by atoms with Gasteiger partial charge in [-0.25, -0.2) is 0 Å². The third-order valence-corrected chi connectivity index (χ3v) is 4.41. The highest BCUT2D eigenvalue weighted by atomic mass is 14.6. The van der Waals surface area contributed by atoms with Crippen LogP contribution in [-0.2, 0) is 0 Å². The number of rotatable bonds is 8. The molecule has 1 rings (SSSR count). The Morgan fingerprint density at radius 1 is 1.24 bits per heavy atom. The van der Waals surface area contributed by atoms with Crippen LogP contribution in [-0.4, -0.2) is 6.04 Å². The van der Waals surface area contributed by atoms with E-state index in [2.05, 4.69) is 13.5 Å². The maximum Gasteiger partial charge on any atom is 0.00672 e. The molecule has 0 spiro atoms. The van der Waals surface area contributed by atoms with Crippen molar-refractivity contribution in [1.29, 1.82) is 0 Å². The van der Waals surface area contributed by atoms with E-state index in [1.165, 1.54) is 57.8 Å². The van der Waals surface area contributed by atoms with E-state index in [0.29, 0.717) is 6.04 Å². The van der Waals surface area contributed by atoms with Gasteiger partial charge >= 0.3 is 0 Å². The van der Waals surface area contributed by atoms with Gasteiger partial charge in [-0.2, -0.15) is 0 Å². The third kappa shape index (κ3) is 5.72. The first kappa shape index (κ1) is 14.8. The number of hydrogen-bond donors (Lipinski definition) is 1. The van der Waals surface area contributed by atoms with Gasteiger partial charge in [0.25, 0.3) is 0 Å². The molecule has 0 radical (unpaired) electrons. The molecule has 0 aromatic carbocycles. The van der Waals surface area contributed by atoms with Crippen LogP contribution < -0.4 is 5.73 Å². The molecule has 1 saturated carbocycles. The second-order valence-electron chi connectivity index (χ2n) is 5.81. The summed E-state index contributed by atoms with van der Waals surface area (Å²) in [5.74, 6) is 1.81. The van der Waals surface area contributed by atoms with E-state index < -0.39 is 0 Å². The fourth-order valence-corrected chi connectivity index (χ4v) is 3.13. The molecule has 17 heavy (non-hydrogen) atoms. The second kappa shape index (κ2) is 8.74. The summed E-state index contributed by atoms with van der Waals surface area (Å²) in [4.78, 5) is 0. The second-order valence-corrected chi connectivity index (χ2v) is 5.81. The molecule has 1 fully saturated rings. The van der Waals surface area contributed by atoms with E-state index in [-0.39, 0.29) is 0 Å². The van der Waals surface area contributed by atoms with E-state index in [4.69, 9.17) is 5.73 Å². The van der Waals surface area contributed by atoms with E-state index >= 15 is 0 Å². The van der Waals surface area contributed by atoms with Crippen molar-refractivity contribution >= 4 is 0 Å². The van der Waals surface area contributed by atoms with Gasteiger partial charge in [0, 0.05) is 6.04 Å². The first-order valence-electron chi connectivity index (χ1n) is 7.64. The van der Waals surface area contributed by atoms with Gasteiger partial charge in [0.05, 0.1) is 0 Å². The molecule has 0 aromatic heterocycles. The van der Waals surface area contributed by atoms with Crippen molar-refractivity contribution in [3.8, 4) is 0 Å². The number of hydrogen-bond acceptors (Lipinski definition) is 1. The Balaban J connectivity index is 2.14. The lowest BCUT2D eigenvalue weighted by Crippen LogP contribution is -2.33. The zero-order chi connectivity index (χ0) is 12.5. The Morgan fingerprint density at radius 3 is 2.53 bits per heavy atom. The molecule has 1 atom stereocenters. The predicted octanol–water partition coefficient (Wildman–Crippen LogP) is 4.67. The minimum atomic E-state index is 0.446. The van der Waals surface area contributed by atoms with Gasteiger partial charge in [0.2, 0.25) is 0 Å². The summed E-state index contributed by atoms with van der Waals surface area (Å²) in [7, 11) is 0. The monoisotopic (exact) mass is 237 g/mol. The van der Waals surface area contributed by atoms with E-state index in [1.54, 1.807) is 0 Å². The predicted molar refractivity (Wildman–Crippen MR) is 77.0 cm³/mol. The SMILES string of the molecule is C=CCCCC(N)C1CCC(CCCC)CC1. The van der Waals surface area contributed by atoms with Gasteiger partial charge in [-0.15, -0.1) is 6.58 Å². The van der Waals surface area contributed by atoms with Crippen LogP contribution in [0.4, 0.5) is 0 Å². The first-order valence-corrected chi connectivity index (χ1v) is 7.64. The molecule has 1 unspecified atom stereocenters. The highest BCUT2D eigenvalue weighted by Gasteiger charge is 2.24. The van der Waals surface area contributed by atoms with Crippen LogP contribution in [0.3, 0.4) is 0 Å². The summed E-state index contributed by atoms with van der Waals surface area (Å²) in [5.41, 5.74) is 6.30. The van der Waals surface area contributed by atoms with Crippen LogP contribution in [0.25, 0.3) is 0 Å². The Morgan fingerprint density at radius 2 is 1.94 bits per heavy atom. The van der Waals surface area contributed by atoms with Crippen molar-refractivity contribution in [3.05, 3.63) is 12.7 Å². The van der Waals surface area contributed by atoms with Crippen molar-refractivity contribution in [3.63, 3.8) is 0 Å². The van der Waals surface area contributed by atoms with Gasteiger partial charge in [0.1, 0.15) is 0 Å². The zero-order valence-electron chi connectivity index (χ0n) is 11.7. The lowest BCUT2D eigenvalue weighted by atomic mass is 9.76. The summed E-state index contributed by atoms with van der Waals surface area (Å²) in [6.07, 6.45) is 15.4. The Labute approximate surface area is 108 Å². The Bertz CT molecular complexity index is 192. The minimum absolute atomic E-state index is 0.446. The smallest absolute Gasteiger partial charge is 0.00672 e. The molecule has 0 aromatic rings. The topological polar surface area (TPSA) is 26.0 Å². The van der Waals surface area contributed by atoms with Gasteiger partial charge in [-0.05, 0) is 43.9 Å². The summed E-state index contributed by atoms with van der Waals surface area (Å²) < 4.78 is 0. The number of unbranched alkanes of at least 4 members (excludes halogenated alkanes) is 2. The van der Waals surface area contributed by atoms with Crippen LogP contribution in [0.5, 0.6) is 0 Å². The van der Waals surface area contributed by atoms with Crippen molar-refractivity contribution in [2.24, 2.45) is 17.6 Å². The van der Waals surface area contributed by atoms with Gasteiger partial charge in [-0.1, -0.05) is 45.1 Å². The zero-order valence-corrected chi connectivity index (χ0v) is 11.7. The van der Waals surface area contributed by atoms with Gasteiger partial charge in [0.15, 0.2) is 0 Å². The van der Waals surface area contributed by atoms with E-state index in [0.717, 1.165) is 18.3 Å². The Hall–Kier alpha value is -0.300. The van der Waals surface area contributed by atoms with Crippen molar-refractivity contribution in [2.45, 2.75) is 77.2 Å². The highest BCUT2D eigenvalue weighted by Crippen LogP contribution is 2.34. The quantitative estimate of drug-likeness (QED) is 0.482. The third-order valence-electron chi connectivity index (χ3n) is 4.41. The molecule has 1 aliphatic carbocycles. The van der Waals surface area contributed by atoms with Crippen molar-refractivity contribution in [2.75, 3.05) is 0 Å². The summed E-state index contributed by atoms with van der Waals surface area (Å²) in [6.45, 7) is 6.06. The maximum atomic E-state index is 6.30. The standard InChI is InChI=1S/C16H31N/c1-3-5-7-9-16(17)15-12-10-14(11-13-15)8-6-4-2/h3,14-16H,1,4-13,17H2,2H3. The molecule has 1 aliphatic rings. The van der Waals surface area contributed by atoms with Gasteiger partial charge in [-0.3, -0.25) is 0 Å². The number of nitrogens with two attached hydrogens (primary N) is 1. The molecule has 0 aliphatic heterocycles. The highest BCUT2D eigenvalue weighted by molar-refractivity contribution is 4.80. The number of allylic oxidation sites excluding steroid dienone is 1. The summed E-state index contributed by atoms with van der Waals surface area (Å²) >= 11 is 0. The van der Waals surface area contributed by atoms with Crippen LogP contribution in [0.1, 0.15) is 71.1 Å². The van der Waals surface area contributed by atoms with E-state index in [1.807, 2.05) is 6.08 Å². The molecule has 0 bridgehead atoms. The molecule has 0 saturated heterocycles. The Kier molecular flexibility index (Phi) is 7.59. The fraction of sp³-hybridized carbons (Fsp3) is 0.875. The lowest BCUT2D eigenvalue weighted by Gasteiger charge is -2.32. The minimum Gasteiger partial charge on any atom is -0.327 e. The average Bonchev–Trinajstić information content (AvgIpc) is 2.37. The summed E-state index contributed by atoms with van der Waals surface area (Å²) in [6, 6.07) is 0.446. The van der Waals surface area contributed by atoms with Crippen molar-refractivity contribution in [1.82, 2.24) is 0 Å². The molecule has 0 heterocycles. The fourth-order valence-electron chi connectivity index (χ4n) is 3.13. The first-order chi connectivity index (χ1) is 8.27. The molecule has 0 amide bonds. The van der Waals surface area contributed by atoms with Crippen LogP contribution in [0.2, 0.25) is 0 Å². The van der Waals surface area contributed by atoms with Crippen molar-refractivity contribution < 1.29 is 0 Å². The van der Waals surface area contributed by atoms with Crippen LogP contribution in [0.15, 0.2) is 12.7 Å². The molecular formula is C16H31N. The summed E-state index contributed by atoms with van der Waals surface area (Å²) in [5, 5.41) is 0. The molecular weight excluding hydrogens is 206 g/mol. The lowest BCUT2D eigenvalue weighted by molar-refractivity contribution is 0.225. The van der Waals surface area contributed by atoms with Gasteiger partial charge < -0.3 is 5.73 Å².